The number of rotatable bonds is 1. The van der Waals surface area contributed by atoms with Crippen molar-refractivity contribution in [2.45, 2.75) is 43.9 Å². The highest BCUT2D eigenvalue weighted by Gasteiger charge is 2.42. The average molecular weight is 328 g/mol. The summed E-state index contributed by atoms with van der Waals surface area (Å²) in [5, 5.41) is 9.74. The van der Waals surface area contributed by atoms with Gasteiger partial charge in [-0.1, -0.05) is 0 Å². The van der Waals surface area contributed by atoms with Crippen molar-refractivity contribution >= 4 is 21.8 Å². The average Bonchev–Trinajstić information content (AvgIpc) is 2.64. The molecule has 0 aromatic heterocycles. The lowest BCUT2D eigenvalue weighted by atomic mass is 9.99. The second-order valence-electron chi connectivity index (χ2n) is 5.35. The van der Waals surface area contributed by atoms with Crippen LogP contribution in [0.1, 0.15) is 36.0 Å². The molecule has 3 nitrogen and oxygen atoms in total. The third-order valence-electron chi connectivity index (χ3n) is 4.11. The maximum Gasteiger partial charge on any atom is 0.254 e. The minimum atomic E-state index is -0.421. The van der Waals surface area contributed by atoms with Crippen LogP contribution in [0.4, 0.5) is 4.39 Å². The Morgan fingerprint density at radius 3 is 2.53 bits per heavy atom. The Kier molecular flexibility index (Phi) is 3.35. The Morgan fingerprint density at radius 1 is 1.32 bits per heavy atom. The number of nitrogens with zero attached hydrogens (tertiary/aromatic N) is 1. The van der Waals surface area contributed by atoms with Gasteiger partial charge in [-0.05, 0) is 59.8 Å². The predicted octanol–water partition coefficient (Wildman–Crippen LogP) is 2.72. The number of carbonyl (C=O) groups excluding carboxylic acids is 1. The fourth-order valence-electron chi connectivity index (χ4n) is 3.26. The minimum Gasteiger partial charge on any atom is -0.393 e. The van der Waals surface area contributed by atoms with E-state index < -0.39 is 5.82 Å². The normalized spacial score (nSPS) is 29.6. The zero-order valence-electron chi connectivity index (χ0n) is 10.4. The number of hydrogen-bond donors (Lipinski definition) is 1. The van der Waals surface area contributed by atoms with Gasteiger partial charge in [0.05, 0.1) is 10.6 Å². The van der Waals surface area contributed by atoms with Crippen molar-refractivity contribution in [3.63, 3.8) is 0 Å². The van der Waals surface area contributed by atoms with E-state index >= 15 is 0 Å². The van der Waals surface area contributed by atoms with Gasteiger partial charge in [0.2, 0.25) is 0 Å². The summed E-state index contributed by atoms with van der Waals surface area (Å²) in [4.78, 5) is 14.3. The highest BCUT2D eigenvalue weighted by atomic mass is 79.9. The first-order valence-electron chi connectivity index (χ1n) is 6.52. The van der Waals surface area contributed by atoms with E-state index in [1.165, 1.54) is 6.07 Å². The first kappa shape index (κ1) is 13.1. The van der Waals surface area contributed by atoms with Gasteiger partial charge >= 0.3 is 0 Å². The number of carbonyl (C=O) groups is 1. The van der Waals surface area contributed by atoms with E-state index in [1.54, 1.807) is 12.1 Å². The van der Waals surface area contributed by atoms with E-state index in [2.05, 4.69) is 15.9 Å². The van der Waals surface area contributed by atoms with Gasteiger partial charge < -0.3 is 10.0 Å². The molecular formula is C14H15BrFNO2. The number of amides is 1. The molecule has 0 radical (unpaired) electrons. The van der Waals surface area contributed by atoms with Gasteiger partial charge in [0.15, 0.2) is 0 Å². The molecule has 2 bridgehead atoms. The summed E-state index contributed by atoms with van der Waals surface area (Å²) in [6, 6.07) is 4.68. The fraction of sp³-hybridized carbons (Fsp3) is 0.500. The van der Waals surface area contributed by atoms with Crippen LogP contribution in [0.2, 0.25) is 0 Å². The maximum atomic E-state index is 13.5. The summed E-state index contributed by atoms with van der Waals surface area (Å²) >= 11 is 3.09. The van der Waals surface area contributed by atoms with Gasteiger partial charge in [0, 0.05) is 17.6 Å². The molecule has 2 unspecified atom stereocenters. The Morgan fingerprint density at radius 2 is 1.95 bits per heavy atom. The predicted molar refractivity (Wildman–Crippen MR) is 72.3 cm³/mol. The Labute approximate surface area is 119 Å². The van der Waals surface area contributed by atoms with E-state index in [0.29, 0.717) is 22.9 Å². The molecule has 5 heteroatoms. The largest absolute Gasteiger partial charge is 0.393 e. The zero-order valence-corrected chi connectivity index (χ0v) is 11.9. The number of aliphatic hydroxyl groups excluding tert-OH is 1. The molecule has 2 aliphatic rings. The molecule has 0 spiro atoms. The van der Waals surface area contributed by atoms with Crippen molar-refractivity contribution in [2.75, 3.05) is 0 Å². The highest BCUT2D eigenvalue weighted by Crippen LogP contribution is 2.36. The molecule has 2 heterocycles. The van der Waals surface area contributed by atoms with Crippen molar-refractivity contribution in [1.29, 1.82) is 0 Å². The monoisotopic (exact) mass is 327 g/mol. The Bertz CT molecular complexity index is 508. The number of halogens is 2. The van der Waals surface area contributed by atoms with Crippen LogP contribution in [0, 0.1) is 5.82 Å². The van der Waals surface area contributed by atoms with Gasteiger partial charge in [0.25, 0.3) is 5.91 Å². The van der Waals surface area contributed by atoms with Gasteiger partial charge in [-0.3, -0.25) is 4.79 Å². The molecule has 2 fully saturated rings. The third-order valence-corrected chi connectivity index (χ3v) is 4.75. The van der Waals surface area contributed by atoms with Crippen LogP contribution < -0.4 is 0 Å². The fourth-order valence-corrected chi connectivity index (χ4v) is 3.50. The Hall–Kier alpha value is -0.940. The molecule has 102 valence electrons. The zero-order chi connectivity index (χ0) is 13.6. The molecule has 1 aromatic carbocycles. The number of piperidine rings is 1. The van der Waals surface area contributed by atoms with E-state index in [9.17, 15) is 14.3 Å². The lowest BCUT2D eigenvalue weighted by Gasteiger charge is -2.37. The number of fused-ring (bicyclic) bond motifs is 2. The van der Waals surface area contributed by atoms with Crippen LogP contribution in [-0.2, 0) is 0 Å². The summed E-state index contributed by atoms with van der Waals surface area (Å²) in [5.74, 6) is -0.541. The second kappa shape index (κ2) is 4.87. The van der Waals surface area contributed by atoms with E-state index in [1.807, 2.05) is 4.90 Å². The summed E-state index contributed by atoms with van der Waals surface area (Å²) in [6.45, 7) is 0. The summed E-state index contributed by atoms with van der Waals surface area (Å²) in [7, 11) is 0. The maximum absolute atomic E-state index is 13.5. The molecular weight excluding hydrogens is 313 g/mol. The first-order chi connectivity index (χ1) is 9.06. The van der Waals surface area contributed by atoms with Gasteiger partial charge in [0.1, 0.15) is 5.82 Å². The molecule has 2 aliphatic heterocycles. The third kappa shape index (κ3) is 2.30. The molecule has 0 aliphatic carbocycles. The van der Waals surface area contributed by atoms with Crippen molar-refractivity contribution < 1.29 is 14.3 Å². The molecule has 2 atom stereocenters. The molecule has 1 aromatic rings. The summed E-state index contributed by atoms with van der Waals surface area (Å²) in [5.41, 5.74) is 0.383. The smallest absolute Gasteiger partial charge is 0.254 e. The van der Waals surface area contributed by atoms with Crippen molar-refractivity contribution in [3.8, 4) is 0 Å². The minimum absolute atomic E-state index is 0.105. The second-order valence-corrected chi connectivity index (χ2v) is 6.21. The quantitative estimate of drug-likeness (QED) is 0.861. The number of benzene rings is 1. The lowest BCUT2D eigenvalue weighted by Crippen LogP contribution is -2.48. The van der Waals surface area contributed by atoms with Crippen LogP contribution in [0.5, 0.6) is 0 Å². The standard InChI is InChI=1S/C14H15BrFNO2/c15-12-4-1-8(5-13(12)16)14(19)17-9-2-3-10(17)7-11(18)6-9/h1,4-5,9-11,18H,2-3,6-7H2. The van der Waals surface area contributed by atoms with Gasteiger partial charge in [-0.15, -0.1) is 0 Å². The molecule has 19 heavy (non-hydrogen) atoms. The van der Waals surface area contributed by atoms with Crippen molar-refractivity contribution in [1.82, 2.24) is 4.90 Å². The first-order valence-corrected chi connectivity index (χ1v) is 7.31. The highest BCUT2D eigenvalue weighted by molar-refractivity contribution is 9.10. The van der Waals surface area contributed by atoms with Crippen molar-refractivity contribution in [2.24, 2.45) is 0 Å². The molecule has 2 saturated heterocycles. The van der Waals surface area contributed by atoms with E-state index in [4.69, 9.17) is 0 Å². The number of hydrogen-bond acceptors (Lipinski definition) is 2. The SMILES string of the molecule is O=C(c1ccc(Br)c(F)c1)N1C2CCC1CC(O)C2. The van der Waals surface area contributed by atoms with Crippen LogP contribution in [-0.4, -0.2) is 34.1 Å². The summed E-state index contributed by atoms with van der Waals surface area (Å²) < 4.78 is 13.9. The van der Waals surface area contributed by atoms with Gasteiger partial charge in [-0.2, -0.15) is 0 Å². The lowest BCUT2D eigenvalue weighted by molar-refractivity contribution is 0.0286. The molecule has 1 amide bonds. The van der Waals surface area contributed by atoms with E-state index in [-0.39, 0.29) is 24.1 Å². The van der Waals surface area contributed by atoms with Crippen LogP contribution in [0.3, 0.4) is 0 Å². The number of aliphatic hydroxyl groups is 1. The van der Waals surface area contributed by atoms with Crippen LogP contribution in [0.15, 0.2) is 22.7 Å². The topological polar surface area (TPSA) is 40.5 Å². The van der Waals surface area contributed by atoms with Crippen LogP contribution in [0.25, 0.3) is 0 Å². The summed E-state index contributed by atoms with van der Waals surface area (Å²) in [6.07, 6.45) is 2.85. The van der Waals surface area contributed by atoms with Crippen molar-refractivity contribution in [3.05, 3.63) is 34.1 Å². The molecule has 3 rings (SSSR count). The van der Waals surface area contributed by atoms with Crippen LogP contribution >= 0.6 is 15.9 Å². The Balaban J connectivity index is 1.86. The molecule has 0 saturated carbocycles. The van der Waals surface area contributed by atoms with E-state index in [0.717, 1.165) is 12.8 Å². The molecule has 1 N–H and O–H groups in total. The van der Waals surface area contributed by atoms with Gasteiger partial charge in [-0.25, -0.2) is 4.39 Å².